The fourth-order valence-electron chi connectivity index (χ4n) is 1.83. The fraction of sp³-hybridized carbons (Fsp3) is 0.333. The van der Waals surface area contributed by atoms with Gasteiger partial charge in [0.1, 0.15) is 0 Å². The summed E-state index contributed by atoms with van der Waals surface area (Å²) in [5.74, 6) is 5.69. The first-order valence-corrected chi connectivity index (χ1v) is 8.05. The minimum absolute atomic E-state index is 0.218. The Morgan fingerprint density at radius 1 is 1.47 bits per heavy atom. The first-order valence-electron chi connectivity index (χ1n) is 5.50. The number of halogens is 1. The molecular weight excluding hydrogens is 316 g/mol. The van der Waals surface area contributed by atoms with Crippen LogP contribution in [0.15, 0.2) is 27.4 Å². The Bertz CT molecular complexity index is 478. The highest BCUT2D eigenvalue weighted by Crippen LogP contribution is 2.30. The van der Waals surface area contributed by atoms with Gasteiger partial charge in [-0.3, -0.25) is 11.3 Å². The molecule has 1 atom stereocenters. The van der Waals surface area contributed by atoms with E-state index in [1.807, 2.05) is 0 Å². The molecule has 2 nitrogen and oxygen atoms in total. The molecule has 0 bridgehead atoms. The zero-order valence-corrected chi connectivity index (χ0v) is 12.8. The molecule has 5 heteroatoms. The van der Waals surface area contributed by atoms with Gasteiger partial charge in [0, 0.05) is 26.0 Å². The molecule has 0 aliphatic carbocycles. The van der Waals surface area contributed by atoms with Gasteiger partial charge < -0.3 is 0 Å². The largest absolute Gasteiger partial charge is 0.271 e. The molecule has 0 radical (unpaired) electrons. The van der Waals surface area contributed by atoms with Gasteiger partial charge in [0.25, 0.3) is 0 Å². The van der Waals surface area contributed by atoms with Crippen molar-refractivity contribution < 1.29 is 0 Å². The third-order valence-corrected chi connectivity index (χ3v) is 5.50. The van der Waals surface area contributed by atoms with Crippen molar-refractivity contribution in [2.75, 3.05) is 0 Å². The summed E-state index contributed by atoms with van der Waals surface area (Å²) in [4.78, 5) is 2.70. The van der Waals surface area contributed by atoms with Crippen LogP contribution in [0.1, 0.15) is 28.3 Å². The van der Waals surface area contributed by atoms with E-state index in [1.54, 1.807) is 22.7 Å². The third-order valence-electron chi connectivity index (χ3n) is 2.71. The molecule has 0 aliphatic heterocycles. The topological polar surface area (TPSA) is 38.0 Å². The summed E-state index contributed by atoms with van der Waals surface area (Å²) < 4.78 is 1.15. The summed E-state index contributed by atoms with van der Waals surface area (Å²) >= 11 is 7.03. The van der Waals surface area contributed by atoms with E-state index in [0.29, 0.717) is 0 Å². The maximum Gasteiger partial charge on any atom is 0.0604 e. The summed E-state index contributed by atoms with van der Waals surface area (Å²) in [6.07, 6.45) is 2.01. The highest BCUT2D eigenvalue weighted by atomic mass is 79.9. The lowest BCUT2D eigenvalue weighted by Gasteiger charge is -2.15. The number of rotatable bonds is 5. The van der Waals surface area contributed by atoms with E-state index in [4.69, 9.17) is 5.84 Å². The molecule has 0 fully saturated rings. The van der Waals surface area contributed by atoms with E-state index < -0.39 is 0 Å². The third kappa shape index (κ3) is 3.17. The van der Waals surface area contributed by atoms with Crippen LogP contribution < -0.4 is 11.3 Å². The molecule has 2 aromatic heterocycles. The molecule has 1 unspecified atom stereocenters. The number of nitrogens with two attached hydrogens (primary N) is 1. The number of hydrogen-bond acceptors (Lipinski definition) is 4. The second-order valence-corrected chi connectivity index (χ2v) is 6.68. The van der Waals surface area contributed by atoms with Crippen LogP contribution in [0.25, 0.3) is 0 Å². The van der Waals surface area contributed by atoms with Gasteiger partial charge in [0.15, 0.2) is 0 Å². The summed E-state index contributed by atoms with van der Waals surface area (Å²) in [7, 11) is 0. The monoisotopic (exact) mass is 330 g/mol. The van der Waals surface area contributed by atoms with Crippen molar-refractivity contribution in [1.82, 2.24) is 5.43 Å². The second kappa shape index (κ2) is 6.11. The molecule has 0 aromatic carbocycles. The maximum absolute atomic E-state index is 5.69. The predicted octanol–water partition coefficient (Wildman–Crippen LogP) is 3.88. The Hall–Kier alpha value is -0.200. The number of nitrogens with one attached hydrogen (secondary N) is 1. The number of hydrogen-bond donors (Lipinski definition) is 2. The van der Waals surface area contributed by atoms with E-state index >= 15 is 0 Å². The quantitative estimate of drug-likeness (QED) is 0.644. The average Bonchev–Trinajstić information content (AvgIpc) is 2.94. The highest BCUT2D eigenvalue weighted by Gasteiger charge is 2.16. The normalized spacial score (nSPS) is 12.9. The van der Waals surface area contributed by atoms with E-state index in [0.717, 1.165) is 17.3 Å². The van der Waals surface area contributed by atoms with Crippen LogP contribution >= 0.6 is 38.6 Å². The van der Waals surface area contributed by atoms with Gasteiger partial charge in [0.2, 0.25) is 0 Å². The van der Waals surface area contributed by atoms with Crippen LogP contribution in [0.4, 0.5) is 0 Å². The zero-order chi connectivity index (χ0) is 12.3. The Morgan fingerprint density at radius 3 is 2.88 bits per heavy atom. The van der Waals surface area contributed by atoms with Gasteiger partial charge in [-0.15, -0.1) is 22.7 Å². The maximum atomic E-state index is 5.69. The van der Waals surface area contributed by atoms with Gasteiger partial charge in [-0.1, -0.05) is 6.92 Å². The zero-order valence-electron chi connectivity index (χ0n) is 9.57. The molecule has 2 rings (SSSR count). The van der Waals surface area contributed by atoms with Crippen molar-refractivity contribution in [2.45, 2.75) is 25.8 Å². The van der Waals surface area contributed by atoms with Crippen LogP contribution in [0.3, 0.4) is 0 Å². The number of thiophene rings is 2. The standard InChI is InChI=1S/C12H15BrN2S2/c1-2-8-3-4-16-12(8)11(15-14)6-10-5-9(13)7-17-10/h3-5,7,11,15H,2,6,14H2,1H3. The Morgan fingerprint density at radius 2 is 2.29 bits per heavy atom. The molecule has 3 N–H and O–H groups in total. The molecular formula is C12H15BrN2S2. The van der Waals surface area contributed by atoms with E-state index in [-0.39, 0.29) is 6.04 Å². The Kier molecular flexibility index (Phi) is 4.76. The molecule has 17 heavy (non-hydrogen) atoms. The van der Waals surface area contributed by atoms with Crippen molar-refractivity contribution in [3.05, 3.63) is 42.7 Å². The summed E-state index contributed by atoms with van der Waals surface area (Å²) in [5, 5.41) is 4.25. The van der Waals surface area contributed by atoms with Gasteiger partial charge in [-0.05, 0) is 45.4 Å². The molecule has 0 saturated carbocycles. The molecule has 0 saturated heterocycles. The van der Waals surface area contributed by atoms with Crippen LogP contribution in [0.2, 0.25) is 0 Å². The van der Waals surface area contributed by atoms with Crippen molar-refractivity contribution in [3.8, 4) is 0 Å². The van der Waals surface area contributed by atoms with Crippen molar-refractivity contribution in [1.29, 1.82) is 0 Å². The van der Waals surface area contributed by atoms with Crippen molar-refractivity contribution in [2.24, 2.45) is 5.84 Å². The van der Waals surface area contributed by atoms with Gasteiger partial charge in [-0.2, -0.15) is 0 Å². The van der Waals surface area contributed by atoms with Gasteiger partial charge >= 0.3 is 0 Å². The van der Waals surface area contributed by atoms with Gasteiger partial charge in [-0.25, -0.2) is 0 Å². The SMILES string of the molecule is CCc1ccsc1C(Cc1cc(Br)cs1)NN. The number of aryl methyl sites for hydroxylation is 1. The van der Waals surface area contributed by atoms with Gasteiger partial charge in [0.05, 0.1) is 6.04 Å². The van der Waals surface area contributed by atoms with Crippen LogP contribution in [-0.2, 0) is 12.8 Å². The molecule has 92 valence electrons. The second-order valence-electron chi connectivity index (χ2n) is 3.82. The van der Waals surface area contributed by atoms with Crippen LogP contribution in [0, 0.1) is 0 Å². The lowest BCUT2D eigenvalue weighted by Crippen LogP contribution is -2.29. The molecule has 0 aliphatic rings. The molecule has 2 heterocycles. The molecule has 2 aromatic rings. The van der Waals surface area contributed by atoms with E-state index in [9.17, 15) is 0 Å². The Balaban J connectivity index is 2.16. The predicted molar refractivity (Wildman–Crippen MR) is 79.5 cm³/mol. The Labute approximate surface area is 118 Å². The number of hydrazine groups is 1. The first-order chi connectivity index (χ1) is 8.24. The highest BCUT2D eigenvalue weighted by molar-refractivity contribution is 9.10. The molecule has 0 amide bonds. The lowest BCUT2D eigenvalue weighted by atomic mass is 10.1. The van der Waals surface area contributed by atoms with Crippen LogP contribution in [0.5, 0.6) is 0 Å². The first kappa shape index (κ1) is 13.2. The van der Waals surface area contributed by atoms with Crippen molar-refractivity contribution in [3.63, 3.8) is 0 Å². The summed E-state index contributed by atoms with van der Waals surface area (Å²) in [6, 6.07) is 4.57. The molecule has 0 spiro atoms. The smallest absolute Gasteiger partial charge is 0.0604 e. The minimum atomic E-state index is 0.218. The van der Waals surface area contributed by atoms with E-state index in [2.05, 4.69) is 51.2 Å². The lowest BCUT2D eigenvalue weighted by molar-refractivity contribution is 0.560. The fourth-order valence-corrected chi connectivity index (χ4v) is 4.39. The minimum Gasteiger partial charge on any atom is -0.271 e. The average molecular weight is 331 g/mol. The van der Waals surface area contributed by atoms with E-state index in [1.165, 1.54) is 15.3 Å². The van der Waals surface area contributed by atoms with Crippen LogP contribution in [-0.4, -0.2) is 0 Å². The van der Waals surface area contributed by atoms with Crippen molar-refractivity contribution >= 4 is 38.6 Å². The summed E-state index contributed by atoms with van der Waals surface area (Å²) in [6.45, 7) is 2.18. The summed E-state index contributed by atoms with van der Waals surface area (Å²) in [5.41, 5.74) is 4.34.